The maximum atomic E-state index is 13.0. The molecule has 1 amide bonds. The minimum Gasteiger partial charge on any atom is -0.756 e. The number of likely N-dealkylation sites (N-methyl/N-ethyl adjacent to an activating group) is 1. The van der Waals surface area contributed by atoms with Gasteiger partial charge in [-0.25, -0.2) is 0 Å². The Labute approximate surface area is 482 Å². The molecule has 0 saturated heterocycles. The predicted octanol–water partition coefficient (Wildman–Crippen LogP) is 19.7. The lowest BCUT2D eigenvalue weighted by atomic mass is 10.0. The molecular formula is C69H123N2O6P. The van der Waals surface area contributed by atoms with E-state index in [0.29, 0.717) is 23.9 Å². The summed E-state index contributed by atoms with van der Waals surface area (Å²) in [6, 6.07) is -0.829. The molecule has 2 N–H and O–H groups in total. The number of carbonyl (C=O) groups is 1. The Morgan fingerprint density at radius 1 is 0.462 bits per heavy atom. The van der Waals surface area contributed by atoms with Crippen LogP contribution >= 0.6 is 7.82 Å². The fraction of sp³-hybridized carbons (Fsp3) is 0.725. The highest BCUT2D eigenvalue weighted by molar-refractivity contribution is 7.45. The topological polar surface area (TPSA) is 108 Å². The SMILES string of the molecule is CC/C=C\C/C=C\C/C=C\C/C=C\C/C=C\C/C=C\C/C=C\C/C=C\C/C=C\CCCCCC(=O)NC(COP(=O)([O-])OCC[N+](C)(C)C)C(O)CCCCCCCCCCCCCCCCCCCCCCCCCCC. The predicted molar refractivity (Wildman–Crippen MR) is 339 cm³/mol. The van der Waals surface area contributed by atoms with E-state index in [-0.39, 0.29) is 19.1 Å². The van der Waals surface area contributed by atoms with Gasteiger partial charge in [-0.1, -0.05) is 290 Å². The van der Waals surface area contributed by atoms with Crippen LogP contribution in [0.5, 0.6) is 0 Å². The van der Waals surface area contributed by atoms with E-state index in [4.69, 9.17) is 9.05 Å². The van der Waals surface area contributed by atoms with E-state index < -0.39 is 20.0 Å². The Bertz CT molecular complexity index is 1640. The summed E-state index contributed by atoms with van der Waals surface area (Å²) in [7, 11) is 1.27. The van der Waals surface area contributed by atoms with Gasteiger partial charge in [0.2, 0.25) is 5.91 Å². The van der Waals surface area contributed by atoms with Crippen molar-refractivity contribution in [3.05, 3.63) is 109 Å². The normalized spacial score (nSPS) is 14.5. The van der Waals surface area contributed by atoms with Crippen molar-refractivity contribution >= 4 is 13.7 Å². The number of hydrogen-bond donors (Lipinski definition) is 2. The molecule has 0 saturated carbocycles. The quantitative estimate of drug-likeness (QED) is 0.0272. The number of unbranched alkanes of at least 4 members (excludes halogenated alkanes) is 27. The van der Waals surface area contributed by atoms with Gasteiger partial charge in [-0.3, -0.25) is 9.36 Å². The lowest BCUT2D eigenvalue weighted by Crippen LogP contribution is -2.46. The number of aliphatic hydroxyl groups is 1. The number of nitrogens with one attached hydrogen (secondary N) is 1. The molecule has 8 nitrogen and oxygen atoms in total. The third-order valence-electron chi connectivity index (χ3n) is 14.0. The fourth-order valence-corrected chi connectivity index (χ4v) is 9.76. The Morgan fingerprint density at radius 3 is 1.13 bits per heavy atom. The Kier molecular flexibility index (Phi) is 56.7. The molecule has 0 fully saturated rings. The van der Waals surface area contributed by atoms with E-state index in [1.807, 2.05) is 21.1 Å². The molecule has 450 valence electrons. The average molecular weight is 1110 g/mol. The average Bonchev–Trinajstić information content (AvgIpc) is 3.41. The molecule has 3 atom stereocenters. The van der Waals surface area contributed by atoms with Gasteiger partial charge in [0, 0.05) is 6.42 Å². The maximum Gasteiger partial charge on any atom is 0.268 e. The minimum absolute atomic E-state index is 0.000250. The molecule has 0 bridgehead atoms. The molecule has 0 aromatic rings. The van der Waals surface area contributed by atoms with E-state index in [1.54, 1.807) is 0 Å². The van der Waals surface area contributed by atoms with Crippen LogP contribution in [0.3, 0.4) is 0 Å². The van der Waals surface area contributed by atoms with Crippen LogP contribution in [0, 0.1) is 0 Å². The summed E-state index contributed by atoms with van der Waals surface area (Å²) in [5, 5.41) is 14.0. The number of phosphoric acid groups is 1. The molecule has 0 aromatic heterocycles. The van der Waals surface area contributed by atoms with Crippen molar-refractivity contribution in [3.63, 3.8) is 0 Å². The van der Waals surface area contributed by atoms with Crippen LogP contribution in [-0.4, -0.2) is 68.5 Å². The van der Waals surface area contributed by atoms with Crippen LogP contribution in [-0.2, 0) is 18.4 Å². The zero-order chi connectivity index (χ0) is 57.0. The second-order valence-electron chi connectivity index (χ2n) is 22.7. The number of nitrogens with zero attached hydrogens (tertiary/aromatic N) is 1. The summed E-state index contributed by atoms with van der Waals surface area (Å²) in [5.41, 5.74) is 0. The first-order valence-electron chi connectivity index (χ1n) is 32.2. The molecular weight excluding hydrogens is 984 g/mol. The number of phosphoric ester groups is 1. The summed E-state index contributed by atoms with van der Waals surface area (Å²) < 4.78 is 23.5. The van der Waals surface area contributed by atoms with Crippen LogP contribution in [0.15, 0.2) is 109 Å². The van der Waals surface area contributed by atoms with Crippen molar-refractivity contribution in [3.8, 4) is 0 Å². The Hall–Kier alpha value is -2.84. The second-order valence-corrected chi connectivity index (χ2v) is 24.2. The van der Waals surface area contributed by atoms with Crippen LogP contribution in [0.25, 0.3) is 0 Å². The van der Waals surface area contributed by atoms with Crippen molar-refractivity contribution in [1.82, 2.24) is 5.32 Å². The number of hydrogen-bond acceptors (Lipinski definition) is 6. The molecule has 0 aromatic carbocycles. The van der Waals surface area contributed by atoms with E-state index in [1.165, 1.54) is 141 Å². The number of quaternary nitrogens is 1. The molecule has 0 spiro atoms. The molecule has 78 heavy (non-hydrogen) atoms. The molecule has 0 radical (unpaired) electrons. The summed E-state index contributed by atoms with van der Waals surface area (Å²) in [5.74, 6) is -0.198. The molecule has 9 heteroatoms. The Balaban J connectivity index is 4.23. The molecule has 0 heterocycles. The van der Waals surface area contributed by atoms with Gasteiger partial charge >= 0.3 is 0 Å². The van der Waals surface area contributed by atoms with Gasteiger partial charge in [0.1, 0.15) is 13.2 Å². The number of aliphatic hydroxyl groups excluding tert-OH is 1. The maximum absolute atomic E-state index is 13.0. The first-order chi connectivity index (χ1) is 38.0. The zero-order valence-electron chi connectivity index (χ0n) is 51.3. The molecule has 0 rings (SSSR count). The van der Waals surface area contributed by atoms with Crippen molar-refractivity contribution in [2.45, 2.75) is 283 Å². The first kappa shape index (κ1) is 75.2. The second kappa shape index (κ2) is 58.8. The van der Waals surface area contributed by atoms with Crippen molar-refractivity contribution < 1.29 is 32.9 Å². The zero-order valence-corrected chi connectivity index (χ0v) is 52.2. The third-order valence-corrected chi connectivity index (χ3v) is 15.0. The molecule has 3 unspecified atom stereocenters. The molecule has 0 aliphatic rings. The van der Waals surface area contributed by atoms with Crippen molar-refractivity contribution in [2.75, 3.05) is 40.9 Å². The van der Waals surface area contributed by atoms with E-state index in [0.717, 1.165) is 103 Å². The third kappa shape index (κ3) is 60.8. The summed E-state index contributed by atoms with van der Waals surface area (Å²) >= 11 is 0. The van der Waals surface area contributed by atoms with Crippen LogP contribution in [0.1, 0.15) is 271 Å². The summed E-state index contributed by atoms with van der Waals surface area (Å²) in [4.78, 5) is 25.6. The lowest BCUT2D eigenvalue weighted by Gasteiger charge is -2.30. The van der Waals surface area contributed by atoms with Gasteiger partial charge in [-0.05, 0) is 83.5 Å². The largest absolute Gasteiger partial charge is 0.756 e. The first-order valence-corrected chi connectivity index (χ1v) is 33.7. The van der Waals surface area contributed by atoms with E-state index in [2.05, 4.69) is 129 Å². The number of carbonyl (C=O) groups excluding carboxylic acids is 1. The van der Waals surface area contributed by atoms with Gasteiger partial charge in [-0.15, -0.1) is 0 Å². The van der Waals surface area contributed by atoms with Crippen LogP contribution in [0.4, 0.5) is 0 Å². The number of rotatable bonds is 58. The van der Waals surface area contributed by atoms with Gasteiger partial charge in [0.15, 0.2) is 0 Å². The lowest BCUT2D eigenvalue weighted by molar-refractivity contribution is -0.870. The van der Waals surface area contributed by atoms with Crippen LogP contribution in [0.2, 0.25) is 0 Å². The van der Waals surface area contributed by atoms with Gasteiger partial charge in [0.05, 0.1) is 39.9 Å². The van der Waals surface area contributed by atoms with Gasteiger partial charge in [-0.2, -0.15) is 0 Å². The van der Waals surface area contributed by atoms with Crippen molar-refractivity contribution in [1.29, 1.82) is 0 Å². The molecule has 0 aliphatic heterocycles. The van der Waals surface area contributed by atoms with Gasteiger partial charge in [0.25, 0.3) is 7.82 Å². The van der Waals surface area contributed by atoms with E-state index >= 15 is 0 Å². The van der Waals surface area contributed by atoms with E-state index in [9.17, 15) is 19.4 Å². The summed E-state index contributed by atoms with van der Waals surface area (Å²) in [6.45, 7) is 4.60. The summed E-state index contributed by atoms with van der Waals surface area (Å²) in [6.07, 6.45) is 85.7. The monoisotopic (exact) mass is 1110 g/mol. The fourth-order valence-electron chi connectivity index (χ4n) is 9.03. The minimum atomic E-state index is -4.60. The standard InChI is InChI=1S/C69H123N2O6P/c1-6-8-10-12-14-16-18-20-22-24-26-28-30-32-33-34-35-36-37-39-41-43-45-47-49-51-53-55-57-59-61-63-69(73)70-67(66-77-78(74,75)76-65-64-71(3,4)5)68(72)62-60-58-56-54-52-50-48-46-44-42-40-38-31-29-27-25-23-21-19-17-15-13-11-9-7-2/h8,10,14,16,20,22,26,28,32-33,35-36,39,41,45,47,51,53,67-68,72H,6-7,9,11-13,15,17-19,21,23-25,27,29-31,34,37-38,40,42-44,46,48-50,52,54-66H2,1-5H3,(H-,70,73,74,75)/b10-8-,16-14-,22-20-,28-26-,33-32-,36-35-,41-39-,47-45-,53-51-. The number of amides is 1. The number of allylic oxidation sites excluding steroid dienone is 18. The highest BCUT2D eigenvalue weighted by Gasteiger charge is 2.24. The highest BCUT2D eigenvalue weighted by Crippen LogP contribution is 2.38. The van der Waals surface area contributed by atoms with Crippen LogP contribution < -0.4 is 10.2 Å². The van der Waals surface area contributed by atoms with Crippen molar-refractivity contribution in [2.24, 2.45) is 0 Å². The highest BCUT2D eigenvalue weighted by atomic mass is 31.2. The molecule has 0 aliphatic carbocycles. The van der Waals surface area contributed by atoms with Gasteiger partial charge < -0.3 is 28.8 Å². The Morgan fingerprint density at radius 2 is 0.782 bits per heavy atom. The smallest absolute Gasteiger partial charge is 0.268 e.